The van der Waals surface area contributed by atoms with Crippen LogP contribution in [-0.4, -0.2) is 38.7 Å². The van der Waals surface area contributed by atoms with Gasteiger partial charge in [-0.05, 0) is 33.2 Å². The van der Waals surface area contributed by atoms with Crippen molar-refractivity contribution in [3.05, 3.63) is 27.7 Å². The monoisotopic (exact) mass is 294 g/mol. The number of pyridine rings is 1. The molecule has 0 radical (unpaired) electrons. The molecule has 116 valence electrons. The van der Waals surface area contributed by atoms with E-state index in [-0.39, 0.29) is 17.1 Å². The van der Waals surface area contributed by atoms with E-state index in [1.165, 1.54) is 6.07 Å². The number of hydrogen-bond acceptors (Lipinski definition) is 4. The summed E-state index contributed by atoms with van der Waals surface area (Å²) in [5.41, 5.74) is 1.01. The molecular weight excluding hydrogens is 272 g/mol. The molecule has 0 aromatic carbocycles. The maximum atomic E-state index is 11.8. The zero-order valence-corrected chi connectivity index (χ0v) is 12.5. The van der Waals surface area contributed by atoms with Gasteiger partial charge in [0.1, 0.15) is 0 Å². The van der Waals surface area contributed by atoms with Crippen molar-refractivity contribution in [1.29, 1.82) is 0 Å². The van der Waals surface area contributed by atoms with E-state index in [1.54, 1.807) is 0 Å². The first kappa shape index (κ1) is 15.6. The van der Waals surface area contributed by atoms with E-state index in [2.05, 4.69) is 0 Å². The summed E-state index contributed by atoms with van der Waals surface area (Å²) in [6.07, 6.45) is 1.51. The first-order valence-corrected chi connectivity index (χ1v) is 7.31. The van der Waals surface area contributed by atoms with Gasteiger partial charge in [0.15, 0.2) is 5.75 Å². The van der Waals surface area contributed by atoms with Crippen molar-refractivity contribution in [2.24, 2.45) is 5.92 Å². The molecule has 2 N–H and O–H groups in total. The number of aliphatic carboxylic acids is 1. The number of likely N-dealkylation sites (tertiary alicyclic amines) is 1. The number of rotatable bonds is 4. The van der Waals surface area contributed by atoms with Crippen LogP contribution in [0.4, 0.5) is 0 Å². The lowest BCUT2D eigenvalue weighted by molar-refractivity contribution is -0.143. The fourth-order valence-electron chi connectivity index (χ4n) is 3.03. The Balaban J connectivity index is 2.27. The second kappa shape index (κ2) is 6.30. The van der Waals surface area contributed by atoms with Gasteiger partial charge in [-0.2, -0.15) is 0 Å². The number of hydrogen-bond donors (Lipinski definition) is 2. The van der Waals surface area contributed by atoms with Gasteiger partial charge >= 0.3 is 5.97 Å². The van der Waals surface area contributed by atoms with E-state index < -0.39 is 5.97 Å². The van der Waals surface area contributed by atoms with E-state index in [4.69, 9.17) is 5.11 Å². The van der Waals surface area contributed by atoms with E-state index in [1.807, 2.05) is 23.3 Å². The third-order valence-corrected chi connectivity index (χ3v) is 4.14. The molecule has 1 aliphatic rings. The highest BCUT2D eigenvalue weighted by atomic mass is 16.4. The number of aromatic nitrogens is 1. The summed E-state index contributed by atoms with van der Waals surface area (Å²) in [7, 11) is 0. The highest BCUT2D eigenvalue weighted by Crippen LogP contribution is 2.22. The lowest BCUT2D eigenvalue weighted by Crippen LogP contribution is -2.39. The van der Waals surface area contributed by atoms with Crippen LogP contribution in [0.1, 0.15) is 31.2 Å². The molecular formula is C15H22N2O4. The molecule has 2 heterocycles. The predicted octanol–water partition coefficient (Wildman–Crippen LogP) is 1.18. The van der Waals surface area contributed by atoms with Crippen LogP contribution in [0.15, 0.2) is 10.9 Å². The van der Waals surface area contributed by atoms with Crippen molar-refractivity contribution < 1.29 is 15.0 Å². The lowest BCUT2D eigenvalue weighted by Gasteiger charge is -2.31. The molecule has 0 amide bonds. The molecule has 1 unspecified atom stereocenters. The Labute approximate surface area is 123 Å². The number of carboxylic acids is 1. The minimum Gasteiger partial charge on any atom is -0.503 e. The van der Waals surface area contributed by atoms with Crippen LogP contribution in [0.5, 0.6) is 5.75 Å². The lowest BCUT2D eigenvalue weighted by atomic mass is 9.98. The summed E-state index contributed by atoms with van der Waals surface area (Å²) in [5, 5.41) is 19.2. The van der Waals surface area contributed by atoms with Crippen molar-refractivity contribution >= 4 is 5.97 Å². The molecule has 6 heteroatoms. The Morgan fingerprint density at radius 2 is 2.19 bits per heavy atom. The van der Waals surface area contributed by atoms with Gasteiger partial charge in [0, 0.05) is 31.4 Å². The predicted molar refractivity (Wildman–Crippen MR) is 78.4 cm³/mol. The average Bonchev–Trinajstić information content (AvgIpc) is 2.45. The Morgan fingerprint density at radius 1 is 1.48 bits per heavy atom. The molecule has 1 fully saturated rings. The fourth-order valence-corrected chi connectivity index (χ4v) is 3.03. The zero-order valence-electron chi connectivity index (χ0n) is 12.5. The van der Waals surface area contributed by atoms with Crippen LogP contribution in [0.2, 0.25) is 0 Å². The quantitative estimate of drug-likeness (QED) is 0.871. The molecule has 0 bridgehead atoms. The molecule has 0 spiro atoms. The third-order valence-electron chi connectivity index (χ3n) is 4.14. The van der Waals surface area contributed by atoms with E-state index in [0.29, 0.717) is 31.7 Å². The molecule has 1 atom stereocenters. The van der Waals surface area contributed by atoms with E-state index in [0.717, 1.165) is 18.7 Å². The topological polar surface area (TPSA) is 82.8 Å². The number of carboxylic acid groups (broad SMARTS) is 1. The molecule has 2 rings (SSSR count). The fraction of sp³-hybridized carbons (Fsp3) is 0.600. The number of piperidine rings is 1. The smallest absolute Gasteiger partial charge is 0.307 e. The van der Waals surface area contributed by atoms with Crippen LogP contribution in [0.3, 0.4) is 0 Å². The minimum absolute atomic E-state index is 0.222. The summed E-state index contributed by atoms with van der Waals surface area (Å²) < 4.78 is 1.90. The standard InChI is InChI=1S/C15H22N2O4/c1-3-17-10(2)7-13(18)14(19)12(17)9-16-6-4-5-11(8-16)15(20)21/h7,11,19H,3-6,8-9H2,1-2H3,(H,20,21). The first-order valence-electron chi connectivity index (χ1n) is 7.31. The minimum atomic E-state index is -0.777. The second-order valence-electron chi connectivity index (χ2n) is 5.60. The van der Waals surface area contributed by atoms with Crippen LogP contribution >= 0.6 is 0 Å². The second-order valence-corrected chi connectivity index (χ2v) is 5.60. The van der Waals surface area contributed by atoms with Gasteiger partial charge in [0.05, 0.1) is 11.6 Å². The van der Waals surface area contributed by atoms with Crippen molar-refractivity contribution in [3.8, 4) is 5.75 Å². The van der Waals surface area contributed by atoms with Crippen LogP contribution in [-0.2, 0) is 17.9 Å². The molecule has 6 nitrogen and oxygen atoms in total. The van der Waals surface area contributed by atoms with Gasteiger partial charge in [-0.15, -0.1) is 0 Å². The summed E-state index contributed by atoms with van der Waals surface area (Å²) >= 11 is 0. The van der Waals surface area contributed by atoms with Gasteiger partial charge < -0.3 is 14.8 Å². The Bertz CT molecular complexity index is 594. The molecule has 1 saturated heterocycles. The molecule has 1 aromatic rings. The molecule has 0 aliphatic carbocycles. The van der Waals surface area contributed by atoms with Gasteiger partial charge in [0.25, 0.3) is 0 Å². The maximum absolute atomic E-state index is 11.8. The van der Waals surface area contributed by atoms with Gasteiger partial charge in [-0.3, -0.25) is 14.5 Å². The van der Waals surface area contributed by atoms with Gasteiger partial charge in [0.2, 0.25) is 5.43 Å². The normalized spacial score (nSPS) is 19.6. The number of aromatic hydroxyl groups is 1. The highest BCUT2D eigenvalue weighted by Gasteiger charge is 2.26. The SMILES string of the molecule is CCn1c(C)cc(=O)c(O)c1CN1CCCC(C(=O)O)C1. The van der Waals surface area contributed by atoms with Crippen molar-refractivity contribution in [2.75, 3.05) is 13.1 Å². The van der Waals surface area contributed by atoms with E-state index >= 15 is 0 Å². The number of aryl methyl sites for hydroxylation is 1. The molecule has 0 saturated carbocycles. The van der Waals surface area contributed by atoms with Gasteiger partial charge in [-0.25, -0.2) is 0 Å². The summed E-state index contributed by atoms with van der Waals surface area (Å²) in [4.78, 5) is 24.9. The molecule has 1 aromatic heterocycles. The summed E-state index contributed by atoms with van der Waals surface area (Å²) in [6, 6.07) is 1.43. The maximum Gasteiger partial charge on any atom is 0.307 e. The van der Waals surface area contributed by atoms with Crippen molar-refractivity contribution in [2.45, 2.75) is 39.8 Å². The van der Waals surface area contributed by atoms with Crippen molar-refractivity contribution in [3.63, 3.8) is 0 Å². The molecule has 1 aliphatic heterocycles. The van der Waals surface area contributed by atoms with Crippen LogP contribution in [0, 0.1) is 12.8 Å². The van der Waals surface area contributed by atoms with Crippen LogP contribution < -0.4 is 5.43 Å². The Hall–Kier alpha value is -1.82. The van der Waals surface area contributed by atoms with Crippen molar-refractivity contribution in [1.82, 2.24) is 9.47 Å². The third kappa shape index (κ3) is 3.26. The van der Waals surface area contributed by atoms with Gasteiger partial charge in [-0.1, -0.05) is 0 Å². The Morgan fingerprint density at radius 3 is 2.81 bits per heavy atom. The largest absolute Gasteiger partial charge is 0.503 e. The number of nitrogens with zero attached hydrogens (tertiary/aromatic N) is 2. The Kier molecular flexibility index (Phi) is 4.67. The molecule has 21 heavy (non-hydrogen) atoms. The first-order chi connectivity index (χ1) is 9.93. The highest BCUT2D eigenvalue weighted by molar-refractivity contribution is 5.70. The van der Waals surface area contributed by atoms with Crippen LogP contribution in [0.25, 0.3) is 0 Å². The number of carbonyl (C=O) groups is 1. The summed E-state index contributed by atoms with van der Waals surface area (Å²) in [5.74, 6) is -1.37. The average molecular weight is 294 g/mol. The van der Waals surface area contributed by atoms with E-state index in [9.17, 15) is 14.7 Å². The zero-order chi connectivity index (χ0) is 15.6. The summed E-state index contributed by atoms with van der Waals surface area (Å²) in [6.45, 7) is 6.10.